The van der Waals surface area contributed by atoms with Crippen LogP contribution in [0.1, 0.15) is 29.1 Å². The third kappa shape index (κ3) is 6.92. The normalized spacial score (nSPS) is 15.8. The van der Waals surface area contributed by atoms with Crippen molar-refractivity contribution in [3.8, 4) is 0 Å². The van der Waals surface area contributed by atoms with E-state index in [4.69, 9.17) is 0 Å². The van der Waals surface area contributed by atoms with Gasteiger partial charge in [0.25, 0.3) is 0 Å². The van der Waals surface area contributed by atoms with Gasteiger partial charge in [-0.1, -0.05) is 0 Å². The second-order valence-electron chi connectivity index (χ2n) is 5.12. The molecular weight excluding hydrogens is 397 g/mol. The molecule has 0 aromatic carbocycles. The molecule has 21 heavy (non-hydrogen) atoms. The summed E-state index contributed by atoms with van der Waals surface area (Å²) in [4.78, 5) is 12.4. The quantitative estimate of drug-likeness (QED) is 0.319. The molecule has 2 heterocycles. The van der Waals surface area contributed by atoms with Crippen LogP contribution in [0.2, 0.25) is 0 Å². The van der Waals surface area contributed by atoms with Gasteiger partial charge in [-0.25, -0.2) is 4.98 Å². The van der Waals surface area contributed by atoms with Crippen molar-refractivity contribution < 1.29 is 0 Å². The minimum Gasteiger partial charge on any atom is -0.356 e. The van der Waals surface area contributed by atoms with E-state index in [1.54, 1.807) is 11.3 Å². The first-order valence-electron chi connectivity index (χ1n) is 7.36. The molecule has 0 spiro atoms. The Kier molecular flexibility index (Phi) is 9.18. The number of aliphatic imine (C=N–C) groups is 1. The van der Waals surface area contributed by atoms with E-state index >= 15 is 0 Å². The van der Waals surface area contributed by atoms with Crippen molar-refractivity contribution in [2.24, 2.45) is 4.99 Å². The van der Waals surface area contributed by atoms with Crippen LogP contribution >= 0.6 is 35.3 Å². The summed E-state index contributed by atoms with van der Waals surface area (Å²) in [7, 11) is 1.81. The number of aryl methyl sites for hydroxylation is 1. The minimum absolute atomic E-state index is 0. The molecule has 120 valence electrons. The third-order valence-corrected chi connectivity index (χ3v) is 4.35. The van der Waals surface area contributed by atoms with Crippen molar-refractivity contribution in [1.82, 2.24) is 20.5 Å². The molecule has 0 bridgehead atoms. The fraction of sp³-hybridized carbons (Fsp3) is 0.714. The SMILES string of the molecule is CN=C(NCCCN1CCCC1)NCc1ncc(C)s1.I. The molecule has 1 saturated heterocycles. The van der Waals surface area contributed by atoms with E-state index in [0.29, 0.717) is 0 Å². The second-order valence-corrected chi connectivity index (χ2v) is 6.44. The molecule has 1 fully saturated rings. The van der Waals surface area contributed by atoms with Crippen LogP contribution in [0.25, 0.3) is 0 Å². The molecule has 0 unspecified atom stereocenters. The molecule has 0 amide bonds. The predicted octanol–water partition coefficient (Wildman–Crippen LogP) is 2.22. The first kappa shape index (κ1) is 18.6. The van der Waals surface area contributed by atoms with Gasteiger partial charge in [-0.2, -0.15) is 0 Å². The van der Waals surface area contributed by atoms with Crippen LogP contribution in [0.3, 0.4) is 0 Å². The van der Waals surface area contributed by atoms with Crippen LogP contribution in [0.15, 0.2) is 11.2 Å². The maximum atomic E-state index is 4.34. The Morgan fingerprint density at radius 1 is 1.38 bits per heavy atom. The zero-order chi connectivity index (χ0) is 14.2. The number of aromatic nitrogens is 1. The van der Waals surface area contributed by atoms with Gasteiger partial charge in [0.05, 0.1) is 6.54 Å². The molecule has 0 radical (unpaired) electrons. The molecule has 1 aromatic rings. The molecule has 7 heteroatoms. The van der Waals surface area contributed by atoms with Gasteiger partial charge in [0, 0.05) is 24.7 Å². The van der Waals surface area contributed by atoms with E-state index < -0.39 is 0 Å². The summed E-state index contributed by atoms with van der Waals surface area (Å²) < 4.78 is 0. The Balaban J connectivity index is 0.00000220. The number of likely N-dealkylation sites (tertiary alicyclic amines) is 1. The standard InChI is InChI=1S/C14H25N5S.HI/c1-12-10-17-13(20-12)11-18-14(15-2)16-6-5-9-19-7-3-4-8-19;/h10H,3-9,11H2,1-2H3,(H2,15,16,18);1H. The van der Waals surface area contributed by atoms with Crippen molar-refractivity contribution >= 4 is 41.3 Å². The Hall–Kier alpha value is -0.410. The van der Waals surface area contributed by atoms with Gasteiger partial charge >= 0.3 is 0 Å². The van der Waals surface area contributed by atoms with Gasteiger partial charge in [-0.3, -0.25) is 4.99 Å². The largest absolute Gasteiger partial charge is 0.356 e. The zero-order valence-electron chi connectivity index (χ0n) is 12.9. The smallest absolute Gasteiger partial charge is 0.191 e. The maximum Gasteiger partial charge on any atom is 0.191 e. The molecule has 1 aliphatic heterocycles. The highest BCUT2D eigenvalue weighted by atomic mass is 127. The van der Waals surface area contributed by atoms with Crippen molar-refractivity contribution in [3.05, 3.63) is 16.1 Å². The van der Waals surface area contributed by atoms with Crippen LogP contribution in [0.5, 0.6) is 0 Å². The number of thiazole rings is 1. The van der Waals surface area contributed by atoms with E-state index in [2.05, 4.69) is 32.4 Å². The number of hydrogen-bond acceptors (Lipinski definition) is 4. The van der Waals surface area contributed by atoms with Gasteiger partial charge in [0.2, 0.25) is 0 Å². The highest BCUT2D eigenvalue weighted by Gasteiger charge is 2.10. The maximum absolute atomic E-state index is 4.34. The van der Waals surface area contributed by atoms with Crippen molar-refractivity contribution in [2.75, 3.05) is 33.2 Å². The monoisotopic (exact) mass is 423 g/mol. The number of guanidine groups is 1. The number of hydrogen-bond donors (Lipinski definition) is 2. The van der Waals surface area contributed by atoms with E-state index in [1.807, 2.05) is 13.2 Å². The van der Waals surface area contributed by atoms with Crippen LogP contribution in [0.4, 0.5) is 0 Å². The Morgan fingerprint density at radius 3 is 2.76 bits per heavy atom. The van der Waals surface area contributed by atoms with E-state index in [9.17, 15) is 0 Å². The number of nitrogens with one attached hydrogen (secondary N) is 2. The first-order valence-corrected chi connectivity index (χ1v) is 8.18. The lowest BCUT2D eigenvalue weighted by molar-refractivity contribution is 0.334. The average molecular weight is 423 g/mol. The summed E-state index contributed by atoms with van der Waals surface area (Å²) in [5.74, 6) is 0.860. The molecule has 0 atom stereocenters. The topological polar surface area (TPSA) is 52.6 Å². The molecule has 5 nitrogen and oxygen atoms in total. The Morgan fingerprint density at radius 2 is 2.14 bits per heavy atom. The summed E-state index contributed by atoms with van der Waals surface area (Å²) in [5.41, 5.74) is 0. The van der Waals surface area contributed by atoms with Crippen molar-refractivity contribution in [2.45, 2.75) is 32.7 Å². The summed E-state index contributed by atoms with van der Waals surface area (Å²) >= 11 is 1.72. The lowest BCUT2D eigenvalue weighted by atomic mass is 10.4. The zero-order valence-corrected chi connectivity index (χ0v) is 16.0. The molecule has 1 aromatic heterocycles. The van der Waals surface area contributed by atoms with Crippen molar-refractivity contribution in [3.63, 3.8) is 0 Å². The molecule has 2 N–H and O–H groups in total. The number of rotatable bonds is 6. The highest BCUT2D eigenvalue weighted by Crippen LogP contribution is 2.10. The van der Waals surface area contributed by atoms with E-state index in [1.165, 1.54) is 37.4 Å². The van der Waals surface area contributed by atoms with E-state index in [-0.39, 0.29) is 24.0 Å². The molecular formula is C14H26IN5S. The van der Waals surface area contributed by atoms with Crippen LogP contribution in [0, 0.1) is 6.92 Å². The first-order chi connectivity index (χ1) is 9.78. The lowest BCUT2D eigenvalue weighted by Gasteiger charge is -2.15. The Bertz CT molecular complexity index is 429. The van der Waals surface area contributed by atoms with Crippen LogP contribution in [-0.2, 0) is 6.54 Å². The fourth-order valence-corrected chi connectivity index (χ4v) is 3.11. The second kappa shape index (κ2) is 10.3. The molecule has 0 aliphatic carbocycles. The fourth-order valence-electron chi connectivity index (χ4n) is 2.38. The van der Waals surface area contributed by atoms with Gasteiger partial charge in [-0.05, 0) is 45.8 Å². The van der Waals surface area contributed by atoms with E-state index in [0.717, 1.165) is 30.5 Å². The van der Waals surface area contributed by atoms with Gasteiger partial charge in [0.1, 0.15) is 5.01 Å². The van der Waals surface area contributed by atoms with Crippen LogP contribution < -0.4 is 10.6 Å². The van der Waals surface area contributed by atoms with Gasteiger partial charge in [-0.15, -0.1) is 35.3 Å². The molecule has 1 aliphatic rings. The average Bonchev–Trinajstić information content (AvgIpc) is 3.09. The highest BCUT2D eigenvalue weighted by molar-refractivity contribution is 14.0. The van der Waals surface area contributed by atoms with Gasteiger partial charge < -0.3 is 15.5 Å². The molecule has 0 saturated carbocycles. The predicted molar refractivity (Wildman–Crippen MR) is 101 cm³/mol. The van der Waals surface area contributed by atoms with Crippen LogP contribution in [-0.4, -0.2) is 49.1 Å². The minimum atomic E-state index is 0. The summed E-state index contributed by atoms with van der Waals surface area (Å²) in [5, 5.41) is 7.76. The summed E-state index contributed by atoms with van der Waals surface area (Å²) in [6, 6.07) is 0. The van der Waals surface area contributed by atoms with Gasteiger partial charge in [0.15, 0.2) is 5.96 Å². The summed E-state index contributed by atoms with van der Waals surface area (Å²) in [6.45, 7) is 7.52. The number of halogens is 1. The summed E-state index contributed by atoms with van der Waals surface area (Å²) in [6.07, 6.45) is 5.80. The molecule has 2 rings (SSSR count). The van der Waals surface area contributed by atoms with Crippen molar-refractivity contribution in [1.29, 1.82) is 0 Å². The Labute approximate surface area is 148 Å². The lowest BCUT2D eigenvalue weighted by Crippen LogP contribution is -2.38. The third-order valence-electron chi connectivity index (χ3n) is 3.44. The number of nitrogens with zero attached hydrogens (tertiary/aromatic N) is 3.